The summed E-state index contributed by atoms with van der Waals surface area (Å²) in [6, 6.07) is 3.72. The van der Waals surface area contributed by atoms with Crippen molar-refractivity contribution < 1.29 is 18.9 Å². The van der Waals surface area contributed by atoms with Gasteiger partial charge < -0.3 is 41.9 Å². The molecule has 0 radical (unpaired) electrons. The van der Waals surface area contributed by atoms with Crippen molar-refractivity contribution in [3.8, 4) is 34.8 Å². The van der Waals surface area contributed by atoms with Crippen LogP contribution in [-0.4, -0.2) is 50.4 Å². The number of halogens is 1. The van der Waals surface area contributed by atoms with Gasteiger partial charge in [-0.05, 0) is 40.7 Å². The maximum absolute atomic E-state index is 5.86. The summed E-state index contributed by atoms with van der Waals surface area (Å²) >= 11 is 3.65. The third-order valence-corrected chi connectivity index (χ3v) is 7.13. The van der Waals surface area contributed by atoms with Gasteiger partial charge in [0.25, 0.3) is 0 Å². The summed E-state index contributed by atoms with van der Waals surface area (Å²) in [6.07, 6.45) is 4.84. The van der Waals surface area contributed by atoms with Crippen LogP contribution < -0.4 is 41.9 Å². The summed E-state index contributed by atoms with van der Waals surface area (Å²) in [4.78, 5) is 25.4. The van der Waals surface area contributed by atoms with E-state index in [0.717, 1.165) is 19.9 Å². The third kappa shape index (κ3) is 8.98. The Labute approximate surface area is 275 Å². The molecule has 4 aromatic heterocycles. The second-order valence-electron chi connectivity index (χ2n) is 9.42. The zero-order valence-electron chi connectivity index (χ0n) is 24.9. The lowest BCUT2D eigenvalue weighted by Crippen LogP contribution is -2.05. The molecule has 4 rings (SSSR count). The van der Waals surface area contributed by atoms with Gasteiger partial charge >= 0.3 is 0 Å². The van der Waals surface area contributed by atoms with E-state index in [0.29, 0.717) is 34.8 Å². The lowest BCUT2D eigenvalue weighted by Gasteiger charge is -2.16. The van der Waals surface area contributed by atoms with E-state index in [-0.39, 0.29) is 42.8 Å². The Hall–Kier alpha value is -4.06. The topological polar surface area (TPSA) is 218 Å². The monoisotopic (exact) mass is 738 g/mol. The molecule has 0 spiro atoms. The second-order valence-corrected chi connectivity index (χ2v) is 11.4. The smallest absolute Gasteiger partial charge is 0.227 e. The molecule has 0 aromatic carbocycles. The average molecular weight is 739 g/mol. The van der Waals surface area contributed by atoms with E-state index in [2.05, 4.69) is 52.5 Å². The number of aromatic nitrogens is 6. The molecule has 0 amide bonds. The molecule has 0 unspecified atom stereocenters. The minimum Gasteiger partial charge on any atom is -0.480 e. The van der Waals surface area contributed by atoms with Gasteiger partial charge in [0.2, 0.25) is 23.7 Å². The van der Waals surface area contributed by atoms with Gasteiger partial charge in [0.05, 0.1) is 46.5 Å². The van der Waals surface area contributed by atoms with Crippen LogP contribution in [0.25, 0.3) is 0 Å². The summed E-state index contributed by atoms with van der Waals surface area (Å²) in [7, 11) is 3.18. The summed E-state index contributed by atoms with van der Waals surface area (Å²) in [5.41, 5.74) is 24.1. The zero-order chi connectivity index (χ0) is 31.8. The first-order valence-electron chi connectivity index (χ1n) is 12.9. The predicted octanol–water partition coefficient (Wildman–Crippen LogP) is 5.88. The lowest BCUT2D eigenvalue weighted by molar-refractivity contribution is 0.379. The van der Waals surface area contributed by atoms with Crippen LogP contribution in [-0.2, 0) is 0 Å². The molecule has 0 saturated carbocycles. The maximum Gasteiger partial charge on any atom is 0.227 e. The average Bonchev–Trinajstić information content (AvgIpc) is 2.95. The Balaban J connectivity index is 0.000000300. The number of nitrogen functional groups attached to an aromatic ring is 4. The molecule has 0 fully saturated rings. The Morgan fingerprint density at radius 1 is 0.682 bits per heavy atom. The van der Waals surface area contributed by atoms with Crippen LogP contribution in [0.15, 0.2) is 29.4 Å². The lowest BCUT2D eigenvalue weighted by atomic mass is 10.1. The standard InChI is InChI=1S/C14H19N5O2S.C13H16IN5O2.CH4/c1-7(2)11-8(5-10(22-4)13(18-11)20-3)21-9-6-17-14(16)19-12(9)15;1-6(2)10-8(4-7(14)12(18-10)20-3)21-9-5-17-13(16)19-11(9)15;/h5-7H,1-4H3,(H4,15,16,17,19);4-6H,1-3H3,(H4,15,16,17,19);1H4. The van der Waals surface area contributed by atoms with Crippen molar-refractivity contribution in [1.82, 2.24) is 29.9 Å². The Kier molecular flexibility index (Phi) is 13.3. The predicted molar refractivity (Wildman–Crippen MR) is 183 cm³/mol. The maximum atomic E-state index is 5.86. The summed E-state index contributed by atoms with van der Waals surface area (Å²) in [5.74, 6) is 3.89. The number of pyridine rings is 2. The number of hydrogen-bond donors (Lipinski definition) is 4. The third-order valence-electron chi connectivity index (χ3n) is 5.63. The Morgan fingerprint density at radius 2 is 1.11 bits per heavy atom. The molecule has 44 heavy (non-hydrogen) atoms. The van der Waals surface area contributed by atoms with Gasteiger partial charge in [-0.25, -0.2) is 19.9 Å². The van der Waals surface area contributed by atoms with Gasteiger partial charge in [-0.3, -0.25) is 0 Å². The van der Waals surface area contributed by atoms with Gasteiger partial charge in [0.1, 0.15) is 0 Å². The molecular weight excluding hydrogens is 699 g/mol. The number of methoxy groups -OCH3 is 2. The number of nitrogens with zero attached hydrogens (tertiary/aromatic N) is 6. The molecule has 0 saturated heterocycles. The molecule has 4 heterocycles. The molecule has 0 aliphatic heterocycles. The SMILES string of the molecule is C.COc1nc(C(C)C)c(Oc2cnc(N)nc2N)cc1I.COc1nc(C(C)C)c(Oc2cnc(N)nc2N)cc1SC. The molecule has 0 atom stereocenters. The number of rotatable bonds is 9. The van der Waals surface area contributed by atoms with Gasteiger partial charge in [-0.15, -0.1) is 11.8 Å². The normalized spacial score (nSPS) is 10.5. The molecule has 0 aliphatic rings. The van der Waals surface area contributed by atoms with Gasteiger partial charge in [-0.1, -0.05) is 35.1 Å². The highest BCUT2D eigenvalue weighted by Crippen LogP contribution is 2.38. The Bertz CT molecular complexity index is 1580. The van der Waals surface area contributed by atoms with Crippen LogP contribution >= 0.6 is 34.4 Å². The highest BCUT2D eigenvalue weighted by molar-refractivity contribution is 14.1. The highest BCUT2D eigenvalue weighted by Gasteiger charge is 2.19. The first kappa shape index (κ1) is 36.1. The second kappa shape index (κ2) is 16.1. The minimum atomic E-state index is 0. The molecular formula is C28H39IN10O4S. The number of thioether (sulfide) groups is 1. The number of anilines is 4. The summed E-state index contributed by atoms with van der Waals surface area (Å²) in [5, 5.41) is 0. The van der Waals surface area contributed by atoms with Crippen LogP contribution in [0.3, 0.4) is 0 Å². The van der Waals surface area contributed by atoms with Crippen molar-refractivity contribution in [2.24, 2.45) is 0 Å². The molecule has 0 bridgehead atoms. The quantitative estimate of drug-likeness (QED) is 0.116. The van der Waals surface area contributed by atoms with Gasteiger partial charge in [0, 0.05) is 12.1 Å². The molecule has 16 heteroatoms. The van der Waals surface area contributed by atoms with Crippen molar-refractivity contribution in [3.63, 3.8) is 0 Å². The summed E-state index contributed by atoms with van der Waals surface area (Å²) in [6.45, 7) is 8.08. The van der Waals surface area contributed by atoms with Crippen molar-refractivity contribution in [3.05, 3.63) is 39.5 Å². The van der Waals surface area contributed by atoms with Crippen molar-refractivity contribution in [2.75, 3.05) is 43.4 Å². The van der Waals surface area contributed by atoms with Gasteiger partial charge in [-0.2, -0.15) is 9.97 Å². The van der Waals surface area contributed by atoms with E-state index in [9.17, 15) is 0 Å². The van der Waals surface area contributed by atoms with Crippen LogP contribution in [0.1, 0.15) is 58.3 Å². The van der Waals surface area contributed by atoms with Crippen molar-refractivity contribution in [1.29, 1.82) is 0 Å². The van der Waals surface area contributed by atoms with Gasteiger partial charge in [0.15, 0.2) is 34.6 Å². The fraction of sp³-hybridized carbons (Fsp3) is 0.357. The van der Waals surface area contributed by atoms with E-state index in [1.165, 1.54) is 24.2 Å². The van der Waals surface area contributed by atoms with Crippen molar-refractivity contribution >= 4 is 57.9 Å². The number of ether oxygens (including phenoxy) is 4. The molecule has 8 N–H and O–H groups in total. The largest absolute Gasteiger partial charge is 0.480 e. The van der Waals surface area contributed by atoms with E-state index in [1.54, 1.807) is 14.2 Å². The van der Waals surface area contributed by atoms with Crippen LogP contribution in [0.4, 0.5) is 23.5 Å². The molecule has 0 aliphatic carbocycles. The first-order chi connectivity index (χ1) is 20.4. The van der Waals surface area contributed by atoms with E-state index < -0.39 is 0 Å². The van der Waals surface area contributed by atoms with E-state index in [4.69, 9.17) is 41.9 Å². The Morgan fingerprint density at radius 3 is 1.50 bits per heavy atom. The van der Waals surface area contributed by atoms with Crippen LogP contribution in [0, 0.1) is 3.57 Å². The van der Waals surface area contributed by atoms with E-state index >= 15 is 0 Å². The fourth-order valence-electron chi connectivity index (χ4n) is 3.56. The number of nitrogens with two attached hydrogens (primary N) is 4. The fourth-order valence-corrected chi connectivity index (χ4v) is 4.71. The first-order valence-corrected chi connectivity index (χ1v) is 15.2. The molecule has 14 nitrogen and oxygen atoms in total. The van der Waals surface area contributed by atoms with E-state index in [1.807, 2.05) is 46.1 Å². The highest BCUT2D eigenvalue weighted by atomic mass is 127. The van der Waals surface area contributed by atoms with Crippen LogP contribution in [0.2, 0.25) is 0 Å². The number of hydrogen-bond acceptors (Lipinski definition) is 15. The molecule has 238 valence electrons. The minimum absolute atomic E-state index is 0. The van der Waals surface area contributed by atoms with Crippen LogP contribution in [0.5, 0.6) is 34.8 Å². The zero-order valence-corrected chi connectivity index (χ0v) is 27.8. The van der Waals surface area contributed by atoms with Crippen molar-refractivity contribution in [2.45, 2.75) is 51.9 Å². The molecule has 4 aromatic rings. The summed E-state index contributed by atoms with van der Waals surface area (Å²) < 4.78 is 23.1.